The SMILES string of the molecule is CNCC1CN(c2ccccc2C(C)C)C(=O)N1C. The second-order valence-electron chi connectivity index (χ2n) is 5.43. The molecule has 2 amide bonds. The van der Waals surface area contributed by atoms with Crippen LogP contribution in [0.5, 0.6) is 0 Å². The molecule has 19 heavy (non-hydrogen) atoms. The molecule has 4 nitrogen and oxygen atoms in total. The van der Waals surface area contributed by atoms with Crippen molar-refractivity contribution in [3.63, 3.8) is 0 Å². The van der Waals surface area contributed by atoms with E-state index in [1.54, 1.807) is 0 Å². The highest BCUT2D eigenvalue weighted by Gasteiger charge is 2.35. The summed E-state index contributed by atoms with van der Waals surface area (Å²) in [6.07, 6.45) is 0. The van der Waals surface area contributed by atoms with Gasteiger partial charge in [-0.2, -0.15) is 0 Å². The maximum absolute atomic E-state index is 12.4. The Morgan fingerprint density at radius 1 is 1.37 bits per heavy atom. The maximum Gasteiger partial charge on any atom is 0.324 e. The van der Waals surface area contributed by atoms with Gasteiger partial charge in [0, 0.05) is 25.8 Å². The molecule has 4 heteroatoms. The number of hydrogen-bond acceptors (Lipinski definition) is 2. The molecule has 0 bridgehead atoms. The molecule has 0 radical (unpaired) electrons. The molecule has 0 aromatic heterocycles. The van der Waals surface area contributed by atoms with E-state index in [1.807, 2.05) is 42.1 Å². The number of amides is 2. The van der Waals surface area contributed by atoms with Crippen molar-refractivity contribution in [2.45, 2.75) is 25.8 Å². The van der Waals surface area contributed by atoms with Gasteiger partial charge in [0.15, 0.2) is 0 Å². The summed E-state index contributed by atoms with van der Waals surface area (Å²) in [5.74, 6) is 0.414. The van der Waals surface area contributed by atoms with E-state index in [1.165, 1.54) is 5.56 Å². The van der Waals surface area contributed by atoms with Crippen LogP contribution in [0.15, 0.2) is 24.3 Å². The van der Waals surface area contributed by atoms with E-state index in [9.17, 15) is 4.79 Å². The van der Waals surface area contributed by atoms with Crippen LogP contribution in [-0.2, 0) is 0 Å². The van der Waals surface area contributed by atoms with Gasteiger partial charge in [0.1, 0.15) is 0 Å². The number of nitrogens with zero attached hydrogens (tertiary/aromatic N) is 2. The second kappa shape index (κ2) is 5.61. The molecule has 1 heterocycles. The lowest BCUT2D eigenvalue weighted by Crippen LogP contribution is -2.37. The first kappa shape index (κ1) is 13.9. The Morgan fingerprint density at radius 2 is 2.05 bits per heavy atom. The van der Waals surface area contributed by atoms with E-state index < -0.39 is 0 Å². The Bertz CT molecular complexity index is 458. The molecule has 0 aliphatic carbocycles. The van der Waals surface area contributed by atoms with Gasteiger partial charge < -0.3 is 10.2 Å². The molecule has 1 aliphatic heterocycles. The molecule has 104 valence electrons. The summed E-state index contributed by atoms with van der Waals surface area (Å²) in [5.41, 5.74) is 2.28. The van der Waals surface area contributed by atoms with Crippen LogP contribution in [0.2, 0.25) is 0 Å². The number of urea groups is 1. The summed E-state index contributed by atoms with van der Waals surface area (Å²) in [5, 5.41) is 3.15. The summed E-state index contributed by atoms with van der Waals surface area (Å²) in [7, 11) is 3.80. The van der Waals surface area contributed by atoms with E-state index in [0.29, 0.717) is 5.92 Å². The van der Waals surface area contributed by atoms with Crippen molar-refractivity contribution < 1.29 is 4.79 Å². The molecule has 1 aromatic rings. The van der Waals surface area contributed by atoms with E-state index >= 15 is 0 Å². The van der Waals surface area contributed by atoms with Gasteiger partial charge in [-0.05, 0) is 24.6 Å². The molecule has 1 N–H and O–H groups in total. The zero-order chi connectivity index (χ0) is 14.0. The third kappa shape index (κ3) is 2.59. The highest BCUT2D eigenvalue weighted by molar-refractivity contribution is 5.95. The number of benzene rings is 1. The van der Waals surface area contributed by atoms with E-state index in [4.69, 9.17) is 0 Å². The normalized spacial score (nSPS) is 19.6. The molecular weight excluding hydrogens is 238 g/mol. The Hall–Kier alpha value is -1.55. The lowest BCUT2D eigenvalue weighted by molar-refractivity contribution is 0.218. The minimum Gasteiger partial charge on any atom is -0.321 e. The van der Waals surface area contributed by atoms with Gasteiger partial charge >= 0.3 is 6.03 Å². The van der Waals surface area contributed by atoms with E-state index in [2.05, 4.69) is 25.2 Å². The average molecular weight is 261 g/mol. The summed E-state index contributed by atoms with van der Waals surface area (Å²) in [4.78, 5) is 16.1. The second-order valence-corrected chi connectivity index (χ2v) is 5.43. The van der Waals surface area contributed by atoms with Crippen molar-refractivity contribution in [1.29, 1.82) is 0 Å². The fourth-order valence-corrected chi connectivity index (χ4v) is 2.62. The van der Waals surface area contributed by atoms with Gasteiger partial charge in [-0.3, -0.25) is 4.90 Å². The molecule has 1 unspecified atom stereocenters. The van der Waals surface area contributed by atoms with E-state index in [0.717, 1.165) is 18.8 Å². The number of carbonyl (C=O) groups is 1. The quantitative estimate of drug-likeness (QED) is 0.902. The van der Waals surface area contributed by atoms with Crippen LogP contribution in [0.1, 0.15) is 25.3 Å². The van der Waals surface area contributed by atoms with Crippen molar-refractivity contribution in [1.82, 2.24) is 10.2 Å². The molecular formula is C15H23N3O. The fourth-order valence-electron chi connectivity index (χ4n) is 2.62. The Labute approximate surface area is 115 Å². The molecule has 0 spiro atoms. The van der Waals surface area contributed by atoms with Crippen molar-refractivity contribution in [3.05, 3.63) is 29.8 Å². The monoisotopic (exact) mass is 261 g/mol. The van der Waals surface area contributed by atoms with Gasteiger partial charge in [-0.25, -0.2) is 4.79 Å². The summed E-state index contributed by atoms with van der Waals surface area (Å²) in [6, 6.07) is 8.52. The van der Waals surface area contributed by atoms with Crippen LogP contribution in [0.25, 0.3) is 0 Å². The number of likely N-dealkylation sites (N-methyl/N-ethyl adjacent to an activating group) is 2. The predicted molar refractivity (Wildman–Crippen MR) is 78.8 cm³/mol. The zero-order valence-electron chi connectivity index (χ0n) is 12.2. The Morgan fingerprint density at radius 3 is 2.68 bits per heavy atom. The predicted octanol–water partition coefficient (Wildman–Crippen LogP) is 2.27. The lowest BCUT2D eigenvalue weighted by Gasteiger charge is -2.21. The number of nitrogens with one attached hydrogen (secondary N) is 1. The number of para-hydroxylation sites is 1. The fraction of sp³-hybridized carbons (Fsp3) is 0.533. The first-order valence-corrected chi connectivity index (χ1v) is 6.84. The third-order valence-electron chi connectivity index (χ3n) is 3.76. The zero-order valence-corrected chi connectivity index (χ0v) is 12.2. The Balaban J connectivity index is 2.30. The summed E-state index contributed by atoms with van der Waals surface area (Å²) >= 11 is 0. The van der Waals surface area contributed by atoms with Gasteiger partial charge in [0.2, 0.25) is 0 Å². The van der Waals surface area contributed by atoms with Crippen LogP contribution in [0.4, 0.5) is 10.5 Å². The molecule has 1 saturated heterocycles. The first-order chi connectivity index (χ1) is 9.06. The molecule has 0 saturated carbocycles. The van der Waals surface area contributed by atoms with Crippen LogP contribution in [0.3, 0.4) is 0 Å². The highest BCUT2D eigenvalue weighted by atomic mass is 16.2. The highest BCUT2D eigenvalue weighted by Crippen LogP contribution is 2.30. The third-order valence-corrected chi connectivity index (χ3v) is 3.76. The minimum atomic E-state index is 0.0911. The molecule has 1 fully saturated rings. The van der Waals surface area contributed by atoms with Crippen molar-refractivity contribution in [2.24, 2.45) is 0 Å². The largest absolute Gasteiger partial charge is 0.324 e. The lowest BCUT2D eigenvalue weighted by atomic mass is 10.0. The topological polar surface area (TPSA) is 35.6 Å². The summed E-state index contributed by atoms with van der Waals surface area (Å²) < 4.78 is 0. The smallest absolute Gasteiger partial charge is 0.321 e. The van der Waals surface area contributed by atoms with Crippen LogP contribution in [-0.4, -0.2) is 44.2 Å². The standard InChI is InChI=1S/C15H23N3O/c1-11(2)13-7-5-6-8-14(13)18-10-12(9-16-3)17(4)15(18)19/h5-8,11-12,16H,9-10H2,1-4H3. The number of hydrogen-bond donors (Lipinski definition) is 1. The molecule has 1 atom stereocenters. The van der Waals surface area contributed by atoms with Crippen molar-refractivity contribution >= 4 is 11.7 Å². The van der Waals surface area contributed by atoms with Crippen molar-refractivity contribution in [3.8, 4) is 0 Å². The van der Waals surface area contributed by atoms with Crippen LogP contribution < -0.4 is 10.2 Å². The summed E-state index contributed by atoms with van der Waals surface area (Å²) in [6.45, 7) is 5.89. The van der Waals surface area contributed by atoms with E-state index in [-0.39, 0.29) is 12.1 Å². The van der Waals surface area contributed by atoms with Crippen molar-refractivity contribution in [2.75, 3.05) is 32.1 Å². The van der Waals surface area contributed by atoms with Gasteiger partial charge in [-0.1, -0.05) is 32.0 Å². The minimum absolute atomic E-state index is 0.0911. The number of anilines is 1. The van der Waals surface area contributed by atoms with Gasteiger partial charge in [-0.15, -0.1) is 0 Å². The van der Waals surface area contributed by atoms with Gasteiger partial charge in [0.25, 0.3) is 0 Å². The van der Waals surface area contributed by atoms with Crippen LogP contribution in [0, 0.1) is 0 Å². The average Bonchev–Trinajstić information content (AvgIpc) is 2.67. The van der Waals surface area contributed by atoms with Gasteiger partial charge in [0.05, 0.1) is 6.04 Å². The Kier molecular flexibility index (Phi) is 4.10. The number of rotatable bonds is 4. The number of carbonyl (C=O) groups excluding carboxylic acids is 1. The van der Waals surface area contributed by atoms with Crippen LogP contribution >= 0.6 is 0 Å². The maximum atomic E-state index is 12.4. The molecule has 1 aromatic carbocycles. The molecule has 1 aliphatic rings. The first-order valence-electron chi connectivity index (χ1n) is 6.84. The molecule has 2 rings (SSSR count).